The van der Waals surface area contributed by atoms with Crippen LogP contribution >= 0.6 is 0 Å². The van der Waals surface area contributed by atoms with E-state index in [-0.39, 0.29) is 0 Å². The molecule has 1 heterocycles. The van der Waals surface area contributed by atoms with Crippen molar-refractivity contribution in [1.29, 1.82) is 0 Å². The van der Waals surface area contributed by atoms with Gasteiger partial charge in [-0.1, -0.05) is 24.1 Å². The Balaban J connectivity index is 1.60. The Morgan fingerprint density at radius 2 is 1.90 bits per heavy atom. The van der Waals surface area contributed by atoms with Crippen LogP contribution in [0.4, 0.5) is 4.79 Å². The minimum Gasteiger partial charge on any atom is -0.372 e. The Kier molecular flexibility index (Phi) is 3.47. The van der Waals surface area contributed by atoms with Gasteiger partial charge in [-0.05, 0) is 43.7 Å². The number of aryl methyl sites for hydroxylation is 1. The number of amides is 1. The van der Waals surface area contributed by atoms with E-state index in [0.29, 0.717) is 17.4 Å². The average molecular weight is 273 g/mol. The Hall–Kier alpha value is -1.84. The summed E-state index contributed by atoms with van der Waals surface area (Å²) in [6.45, 7) is 3.38. The van der Waals surface area contributed by atoms with Crippen LogP contribution in [0, 0.1) is 18.8 Å². The monoisotopic (exact) mass is 273 g/mol. The quantitative estimate of drug-likeness (QED) is 0.583. The molecule has 1 aromatic rings. The first-order valence-electron chi connectivity index (χ1n) is 7.21. The van der Waals surface area contributed by atoms with Crippen molar-refractivity contribution in [3.8, 4) is 0 Å². The molecular formula is C16H19NO3. The number of hydrogen-bond donors (Lipinski definition) is 0. The molecule has 4 heteroatoms. The number of ether oxygens (including phenoxy) is 1. The van der Waals surface area contributed by atoms with E-state index in [0.717, 1.165) is 18.7 Å². The number of carbonyl (C=O) groups excluding carboxylic acids is 2. The van der Waals surface area contributed by atoms with Crippen molar-refractivity contribution < 1.29 is 14.3 Å². The topological polar surface area (TPSA) is 46.6 Å². The molecule has 1 saturated carbocycles. The second-order valence-corrected chi connectivity index (χ2v) is 5.88. The number of carbonyl (C=O) groups is 2. The fraction of sp³-hybridized carbons (Fsp3) is 0.500. The molecule has 0 spiro atoms. The van der Waals surface area contributed by atoms with Gasteiger partial charge in [0.2, 0.25) is 0 Å². The lowest BCUT2D eigenvalue weighted by Gasteiger charge is -2.16. The first kappa shape index (κ1) is 13.2. The van der Waals surface area contributed by atoms with Crippen molar-refractivity contribution in [3.63, 3.8) is 0 Å². The van der Waals surface area contributed by atoms with Gasteiger partial charge in [0, 0.05) is 13.1 Å². The van der Waals surface area contributed by atoms with Gasteiger partial charge in [0.1, 0.15) is 0 Å². The van der Waals surface area contributed by atoms with Crippen molar-refractivity contribution in [2.45, 2.75) is 26.2 Å². The number of rotatable bonds is 1. The zero-order valence-electron chi connectivity index (χ0n) is 11.7. The molecule has 2 aliphatic rings. The maximum atomic E-state index is 12.0. The summed E-state index contributed by atoms with van der Waals surface area (Å²) < 4.78 is 4.99. The summed E-state index contributed by atoms with van der Waals surface area (Å²) in [6.07, 6.45) is 3.16. The van der Waals surface area contributed by atoms with Gasteiger partial charge in [0.05, 0.1) is 5.56 Å². The molecule has 2 atom stereocenters. The van der Waals surface area contributed by atoms with E-state index in [2.05, 4.69) is 0 Å². The van der Waals surface area contributed by atoms with Gasteiger partial charge in [-0.15, -0.1) is 0 Å². The van der Waals surface area contributed by atoms with Crippen LogP contribution in [-0.4, -0.2) is 30.1 Å². The number of benzene rings is 1. The summed E-state index contributed by atoms with van der Waals surface area (Å²) in [5.74, 6) is 0.656. The number of esters is 1. The lowest BCUT2D eigenvalue weighted by atomic mass is 10.0. The van der Waals surface area contributed by atoms with Crippen molar-refractivity contribution >= 4 is 12.1 Å². The summed E-state index contributed by atoms with van der Waals surface area (Å²) >= 11 is 0. The minimum absolute atomic E-state index is 0.428. The maximum Gasteiger partial charge on any atom is 0.417 e. The molecule has 1 amide bonds. The third-order valence-corrected chi connectivity index (χ3v) is 4.42. The number of fused-ring (bicyclic) bond motifs is 1. The van der Waals surface area contributed by atoms with E-state index in [1.54, 1.807) is 23.1 Å². The van der Waals surface area contributed by atoms with E-state index >= 15 is 0 Å². The Labute approximate surface area is 118 Å². The molecule has 2 unspecified atom stereocenters. The lowest BCUT2D eigenvalue weighted by molar-refractivity contribution is 0.0553. The molecule has 4 nitrogen and oxygen atoms in total. The summed E-state index contributed by atoms with van der Waals surface area (Å²) in [5.41, 5.74) is 1.40. The van der Waals surface area contributed by atoms with Gasteiger partial charge in [-0.3, -0.25) is 0 Å². The Morgan fingerprint density at radius 3 is 2.55 bits per heavy atom. The van der Waals surface area contributed by atoms with E-state index in [9.17, 15) is 9.59 Å². The highest BCUT2D eigenvalue weighted by molar-refractivity contribution is 5.96. The molecule has 106 valence electrons. The smallest absolute Gasteiger partial charge is 0.372 e. The molecule has 0 N–H and O–H groups in total. The van der Waals surface area contributed by atoms with Gasteiger partial charge in [-0.2, -0.15) is 0 Å². The summed E-state index contributed by atoms with van der Waals surface area (Å²) in [7, 11) is 0. The summed E-state index contributed by atoms with van der Waals surface area (Å²) in [5, 5.41) is 0. The Morgan fingerprint density at radius 1 is 1.20 bits per heavy atom. The average Bonchev–Trinajstić information content (AvgIpc) is 2.99. The molecule has 20 heavy (non-hydrogen) atoms. The molecule has 1 aromatic carbocycles. The third-order valence-electron chi connectivity index (χ3n) is 4.42. The van der Waals surface area contributed by atoms with Crippen LogP contribution in [0.15, 0.2) is 24.3 Å². The standard InChI is InChI=1S/C16H19NO3/c1-11-4-2-5-12(8-11)15(18)20-16(19)17-9-13-6-3-7-14(13)10-17/h2,4-5,8,13-14H,3,6-7,9-10H2,1H3. The van der Waals surface area contributed by atoms with Gasteiger partial charge < -0.3 is 9.64 Å². The first-order valence-corrected chi connectivity index (χ1v) is 7.21. The van der Waals surface area contributed by atoms with Crippen LogP contribution < -0.4 is 0 Å². The molecule has 3 rings (SSSR count). The van der Waals surface area contributed by atoms with Crippen LogP contribution in [0.25, 0.3) is 0 Å². The highest BCUT2D eigenvalue weighted by Gasteiger charge is 2.39. The molecule has 0 bridgehead atoms. The third kappa shape index (κ3) is 2.55. The van der Waals surface area contributed by atoms with Crippen LogP contribution in [0.5, 0.6) is 0 Å². The summed E-state index contributed by atoms with van der Waals surface area (Å²) in [4.78, 5) is 25.7. The van der Waals surface area contributed by atoms with Crippen molar-refractivity contribution in [2.24, 2.45) is 11.8 Å². The second kappa shape index (κ2) is 5.27. The molecule has 0 aromatic heterocycles. The van der Waals surface area contributed by atoms with Crippen LogP contribution in [-0.2, 0) is 4.74 Å². The van der Waals surface area contributed by atoms with Crippen molar-refractivity contribution in [3.05, 3.63) is 35.4 Å². The maximum absolute atomic E-state index is 12.0. The molecular weight excluding hydrogens is 254 g/mol. The van der Waals surface area contributed by atoms with Gasteiger partial charge >= 0.3 is 12.1 Å². The molecule has 2 fully saturated rings. The van der Waals surface area contributed by atoms with E-state index < -0.39 is 12.1 Å². The summed E-state index contributed by atoms with van der Waals surface area (Å²) in [6, 6.07) is 7.09. The molecule has 1 saturated heterocycles. The minimum atomic E-state index is -0.559. The van der Waals surface area contributed by atoms with E-state index in [1.807, 2.05) is 13.0 Å². The fourth-order valence-electron chi connectivity index (χ4n) is 3.36. The van der Waals surface area contributed by atoms with Gasteiger partial charge in [0.15, 0.2) is 0 Å². The zero-order chi connectivity index (χ0) is 14.1. The van der Waals surface area contributed by atoms with Crippen LogP contribution in [0.1, 0.15) is 35.2 Å². The predicted molar refractivity (Wildman–Crippen MR) is 74.4 cm³/mol. The second-order valence-electron chi connectivity index (χ2n) is 5.88. The molecule has 1 aliphatic heterocycles. The van der Waals surface area contributed by atoms with E-state index in [1.165, 1.54) is 19.3 Å². The molecule has 0 radical (unpaired) electrons. The van der Waals surface area contributed by atoms with E-state index in [4.69, 9.17) is 4.74 Å². The van der Waals surface area contributed by atoms with Crippen molar-refractivity contribution in [2.75, 3.05) is 13.1 Å². The van der Waals surface area contributed by atoms with Gasteiger partial charge in [-0.25, -0.2) is 9.59 Å². The van der Waals surface area contributed by atoms with Crippen LogP contribution in [0.2, 0.25) is 0 Å². The fourth-order valence-corrected chi connectivity index (χ4v) is 3.36. The zero-order valence-corrected chi connectivity index (χ0v) is 11.7. The molecule has 1 aliphatic carbocycles. The number of hydrogen-bond acceptors (Lipinski definition) is 3. The van der Waals surface area contributed by atoms with Crippen molar-refractivity contribution in [1.82, 2.24) is 4.90 Å². The van der Waals surface area contributed by atoms with Crippen LogP contribution in [0.3, 0.4) is 0 Å². The first-order chi connectivity index (χ1) is 9.63. The highest BCUT2D eigenvalue weighted by Crippen LogP contribution is 2.37. The predicted octanol–water partition coefficient (Wildman–Crippen LogP) is 3.00. The SMILES string of the molecule is Cc1cccc(C(=O)OC(=O)N2CC3CCCC3C2)c1. The lowest BCUT2D eigenvalue weighted by Crippen LogP contribution is -2.31. The number of nitrogens with zero attached hydrogens (tertiary/aromatic N) is 1. The van der Waals surface area contributed by atoms with Gasteiger partial charge in [0.25, 0.3) is 0 Å². The number of likely N-dealkylation sites (tertiary alicyclic amines) is 1. The largest absolute Gasteiger partial charge is 0.417 e. The normalized spacial score (nSPS) is 24.6. The highest BCUT2D eigenvalue weighted by atomic mass is 16.6. The Bertz CT molecular complexity index is 528.